The number of halogens is 2. The van der Waals surface area contributed by atoms with Gasteiger partial charge >= 0.3 is 0 Å². The lowest BCUT2D eigenvalue weighted by atomic mass is 10.1. The summed E-state index contributed by atoms with van der Waals surface area (Å²) in [4.78, 5) is 15.2. The van der Waals surface area contributed by atoms with E-state index in [1.807, 2.05) is 13.0 Å². The van der Waals surface area contributed by atoms with Crippen molar-refractivity contribution in [2.45, 2.75) is 13.0 Å². The van der Waals surface area contributed by atoms with E-state index in [0.29, 0.717) is 16.0 Å². The summed E-state index contributed by atoms with van der Waals surface area (Å²) in [5.41, 5.74) is 0.902. The molecule has 20 heavy (non-hydrogen) atoms. The molecule has 0 spiro atoms. The van der Waals surface area contributed by atoms with Gasteiger partial charge in [0, 0.05) is 24.1 Å². The van der Waals surface area contributed by atoms with Gasteiger partial charge in [-0.15, -0.1) is 0 Å². The number of hydrogen-bond donors (Lipinski definition) is 3. The highest BCUT2D eigenvalue weighted by Crippen LogP contribution is 2.25. The average Bonchev–Trinajstić information content (AvgIpc) is 2.42. The van der Waals surface area contributed by atoms with Gasteiger partial charge in [0.2, 0.25) is 5.91 Å². The van der Waals surface area contributed by atoms with Crippen molar-refractivity contribution in [3.63, 3.8) is 0 Å². The van der Waals surface area contributed by atoms with Crippen LogP contribution in [-0.2, 0) is 4.79 Å². The van der Waals surface area contributed by atoms with Gasteiger partial charge in [-0.1, -0.05) is 29.3 Å². The zero-order valence-corrected chi connectivity index (χ0v) is 13.1. The number of carbonyl (C=O) groups excluding carboxylic acids is 1. The van der Waals surface area contributed by atoms with Crippen LogP contribution >= 0.6 is 23.2 Å². The maximum atomic E-state index is 11.2. The SMILES string of the molecule is CN=C(NCC(=O)NC)NC(C)c1ccc(Cl)cc1Cl. The van der Waals surface area contributed by atoms with Crippen LogP contribution in [0.4, 0.5) is 0 Å². The zero-order chi connectivity index (χ0) is 15.1. The molecule has 1 atom stereocenters. The number of amides is 1. The Morgan fingerprint density at radius 3 is 2.65 bits per heavy atom. The summed E-state index contributed by atoms with van der Waals surface area (Å²) in [5, 5.41) is 9.76. The minimum atomic E-state index is -0.120. The van der Waals surface area contributed by atoms with Crippen molar-refractivity contribution < 1.29 is 4.79 Å². The quantitative estimate of drug-likeness (QED) is 0.587. The second-order valence-electron chi connectivity index (χ2n) is 4.13. The Hall–Kier alpha value is -1.46. The predicted molar refractivity (Wildman–Crippen MR) is 83.4 cm³/mol. The average molecular weight is 317 g/mol. The first-order chi connectivity index (χ1) is 9.47. The van der Waals surface area contributed by atoms with Gasteiger partial charge in [0.15, 0.2) is 5.96 Å². The Labute approximate surface area is 128 Å². The normalized spacial score (nSPS) is 12.8. The van der Waals surface area contributed by atoms with Crippen LogP contribution in [0.1, 0.15) is 18.5 Å². The molecule has 0 heterocycles. The number of nitrogens with one attached hydrogen (secondary N) is 3. The molecule has 3 N–H and O–H groups in total. The number of likely N-dealkylation sites (N-methyl/N-ethyl adjacent to an activating group) is 1. The van der Waals surface area contributed by atoms with Gasteiger partial charge in [0.1, 0.15) is 0 Å². The molecular weight excluding hydrogens is 299 g/mol. The van der Waals surface area contributed by atoms with Gasteiger partial charge in [0.05, 0.1) is 12.6 Å². The molecule has 7 heteroatoms. The highest BCUT2D eigenvalue weighted by Gasteiger charge is 2.12. The van der Waals surface area contributed by atoms with Crippen LogP contribution < -0.4 is 16.0 Å². The van der Waals surface area contributed by atoms with Crippen LogP contribution in [0.25, 0.3) is 0 Å². The molecule has 1 rings (SSSR count). The molecule has 0 radical (unpaired) electrons. The number of rotatable bonds is 4. The molecule has 0 aromatic heterocycles. The molecule has 0 bridgehead atoms. The monoisotopic (exact) mass is 316 g/mol. The minimum absolute atomic E-state index is 0.0735. The number of aliphatic imine (C=N–C) groups is 1. The van der Waals surface area contributed by atoms with Crippen molar-refractivity contribution in [2.75, 3.05) is 20.6 Å². The van der Waals surface area contributed by atoms with Crippen LogP contribution in [0.5, 0.6) is 0 Å². The standard InChI is InChI=1S/C13H18Cl2N4O/c1-8(10-5-4-9(14)6-11(10)15)19-13(17-3)18-7-12(20)16-2/h4-6,8H,7H2,1-3H3,(H,16,20)(H2,17,18,19). The lowest BCUT2D eigenvalue weighted by molar-refractivity contribution is -0.119. The third kappa shape index (κ3) is 4.90. The molecule has 5 nitrogen and oxygen atoms in total. The number of hydrogen-bond acceptors (Lipinski definition) is 2. The van der Waals surface area contributed by atoms with E-state index in [0.717, 1.165) is 5.56 Å². The Kier molecular flexibility index (Phi) is 6.61. The summed E-state index contributed by atoms with van der Waals surface area (Å²) in [6.07, 6.45) is 0. The summed E-state index contributed by atoms with van der Waals surface area (Å²) in [6, 6.07) is 5.25. The van der Waals surface area contributed by atoms with E-state index in [-0.39, 0.29) is 18.5 Å². The molecule has 0 aliphatic rings. The van der Waals surface area contributed by atoms with E-state index in [1.54, 1.807) is 26.2 Å². The lowest BCUT2D eigenvalue weighted by Gasteiger charge is -2.19. The van der Waals surface area contributed by atoms with E-state index in [1.165, 1.54) is 0 Å². The molecule has 110 valence electrons. The number of nitrogens with zero attached hydrogens (tertiary/aromatic N) is 1. The van der Waals surface area contributed by atoms with Gasteiger partial charge in [-0.25, -0.2) is 0 Å². The van der Waals surface area contributed by atoms with Gasteiger partial charge in [-0.2, -0.15) is 0 Å². The first-order valence-corrected chi connectivity index (χ1v) is 6.86. The minimum Gasteiger partial charge on any atom is -0.358 e. The summed E-state index contributed by atoms with van der Waals surface area (Å²) in [7, 11) is 3.21. The van der Waals surface area contributed by atoms with Crippen molar-refractivity contribution in [1.29, 1.82) is 0 Å². The molecule has 1 unspecified atom stereocenters. The first-order valence-electron chi connectivity index (χ1n) is 6.10. The zero-order valence-electron chi connectivity index (χ0n) is 11.6. The highest BCUT2D eigenvalue weighted by atomic mass is 35.5. The maximum Gasteiger partial charge on any atom is 0.239 e. The molecule has 1 aromatic carbocycles. The van der Waals surface area contributed by atoms with Gasteiger partial charge < -0.3 is 16.0 Å². The van der Waals surface area contributed by atoms with Crippen LogP contribution in [0.2, 0.25) is 10.0 Å². The Bertz CT molecular complexity index is 505. The first kappa shape index (κ1) is 16.6. The van der Waals surface area contributed by atoms with Crippen LogP contribution in [-0.4, -0.2) is 32.5 Å². The van der Waals surface area contributed by atoms with Gasteiger partial charge in [0.25, 0.3) is 0 Å². The molecule has 1 amide bonds. The van der Waals surface area contributed by atoms with Gasteiger partial charge in [-0.05, 0) is 24.6 Å². The summed E-state index contributed by atoms with van der Waals surface area (Å²) < 4.78 is 0. The van der Waals surface area contributed by atoms with E-state index >= 15 is 0 Å². The Balaban J connectivity index is 2.67. The van der Waals surface area contributed by atoms with E-state index in [9.17, 15) is 4.79 Å². The summed E-state index contributed by atoms with van der Waals surface area (Å²) >= 11 is 12.0. The van der Waals surface area contributed by atoms with Crippen molar-refractivity contribution >= 4 is 35.1 Å². The molecule has 0 saturated carbocycles. The summed E-state index contributed by atoms with van der Waals surface area (Å²) in [5.74, 6) is 0.400. The molecular formula is C13H18Cl2N4O. The van der Waals surface area contributed by atoms with Crippen LogP contribution in [0.3, 0.4) is 0 Å². The van der Waals surface area contributed by atoms with Crippen molar-refractivity contribution in [1.82, 2.24) is 16.0 Å². The second-order valence-corrected chi connectivity index (χ2v) is 4.97. The molecule has 0 saturated heterocycles. The maximum absolute atomic E-state index is 11.2. The van der Waals surface area contributed by atoms with E-state index < -0.39 is 0 Å². The lowest BCUT2D eigenvalue weighted by Crippen LogP contribution is -2.43. The molecule has 0 fully saturated rings. The third-order valence-corrected chi connectivity index (χ3v) is 3.26. The smallest absolute Gasteiger partial charge is 0.239 e. The number of benzene rings is 1. The fourth-order valence-corrected chi connectivity index (χ4v) is 2.15. The largest absolute Gasteiger partial charge is 0.358 e. The Morgan fingerprint density at radius 1 is 1.40 bits per heavy atom. The molecule has 0 aliphatic carbocycles. The highest BCUT2D eigenvalue weighted by molar-refractivity contribution is 6.35. The number of guanidine groups is 1. The molecule has 0 aliphatic heterocycles. The van der Waals surface area contributed by atoms with Crippen molar-refractivity contribution in [2.24, 2.45) is 4.99 Å². The van der Waals surface area contributed by atoms with Crippen molar-refractivity contribution in [3.8, 4) is 0 Å². The predicted octanol–water partition coefficient (Wildman–Crippen LogP) is 1.97. The second kappa shape index (κ2) is 7.97. The van der Waals surface area contributed by atoms with E-state index in [2.05, 4.69) is 20.9 Å². The fourth-order valence-electron chi connectivity index (χ4n) is 1.58. The number of carbonyl (C=O) groups is 1. The fraction of sp³-hybridized carbons (Fsp3) is 0.385. The Morgan fingerprint density at radius 2 is 2.10 bits per heavy atom. The molecule has 1 aromatic rings. The van der Waals surface area contributed by atoms with Crippen LogP contribution in [0, 0.1) is 0 Å². The summed E-state index contributed by atoms with van der Waals surface area (Å²) in [6.45, 7) is 2.10. The third-order valence-electron chi connectivity index (χ3n) is 2.70. The van der Waals surface area contributed by atoms with Gasteiger partial charge in [-0.3, -0.25) is 9.79 Å². The van der Waals surface area contributed by atoms with E-state index in [4.69, 9.17) is 23.2 Å². The van der Waals surface area contributed by atoms with Crippen LogP contribution in [0.15, 0.2) is 23.2 Å². The topological polar surface area (TPSA) is 65.5 Å². The van der Waals surface area contributed by atoms with Crippen molar-refractivity contribution in [3.05, 3.63) is 33.8 Å².